The van der Waals surface area contributed by atoms with Crippen molar-refractivity contribution in [2.45, 2.75) is 25.0 Å². The zero-order valence-corrected chi connectivity index (χ0v) is 5.15. The van der Waals surface area contributed by atoms with Crippen LogP contribution in [0.1, 0.15) is 13.3 Å². The Hall–Kier alpha value is -0.0800. The molecule has 1 aliphatic rings. The van der Waals surface area contributed by atoms with Gasteiger partial charge in [0.05, 0.1) is 5.60 Å². The van der Waals surface area contributed by atoms with E-state index in [2.05, 4.69) is 12.2 Å². The van der Waals surface area contributed by atoms with Gasteiger partial charge in [0.15, 0.2) is 0 Å². The van der Waals surface area contributed by atoms with Crippen molar-refractivity contribution in [3.05, 3.63) is 6.92 Å². The van der Waals surface area contributed by atoms with Crippen LogP contribution in [0.4, 0.5) is 0 Å². The summed E-state index contributed by atoms with van der Waals surface area (Å²) in [7, 11) is 0. The molecule has 0 bridgehead atoms. The fraction of sp³-hybridized carbons (Fsp3) is 0.833. The molecule has 1 aliphatic heterocycles. The summed E-state index contributed by atoms with van der Waals surface area (Å²) in [5.41, 5.74) is -0.508. The van der Waals surface area contributed by atoms with E-state index in [1.807, 2.05) is 6.92 Å². The second kappa shape index (κ2) is 1.71. The first-order chi connectivity index (χ1) is 3.60. The van der Waals surface area contributed by atoms with Gasteiger partial charge in [0.25, 0.3) is 0 Å². The summed E-state index contributed by atoms with van der Waals surface area (Å²) in [6.45, 7) is 6.27. The summed E-state index contributed by atoms with van der Waals surface area (Å²) >= 11 is 0. The van der Waals surface area contributed by atoms with Gasteiger partial charge in [0.2, 0.25) is 0 Å². The van der Waals surface area contributed by atoms with Crippen LogP contribution in [0.3, 0.4) is 0 Å². The van der Waals surface area contributed by atoms with Crippen LogP contribution in [0.15, 0.2) is 0 Å². The Morgan fingerprint density at radius 1 is 1.88 bits per heavy atom. The maximum atomic E-state index is 9.26. The van der Waals surface area contributed by atoms with E-state index < -0.39 is 5.60 Å². The summed E-state index contributed by atoms with van der Waals surface area (Å²) in [6.07, 6.45) is 0.771. The molecule has 1 unspecified atom stereocenters. The highest BCUT2D eigenvalue weighted by molar-refractivity contribution is 4.91. The van der Waals surface area contributed by atoms with E-state index in [0.29, 0.717) is 6.54 Å². The standard InChI is InChI=1S/C6H12NO/c1-5-3-6(2,8)4-7-5/h5,7-8H,1,3-4H2,2H3/t5-,6?/m0/s1. The molecular weight excluding hydrogens is 102 g/mol. The number of rotatable bonds is 0. The first-order valence-electron chi connectivity index (χ1n) is 2.89. The predicted molar refractivity (Wildman–Crippen MR) is 32.4 cm³/mol. The Kier molecular flexibility index (Phi) is 1.29. The van der Waals surface area contributed by atoms with Crippen molar-refractivity contribution in [2.75, 3.05) is 6.54 Å². The van der Waals surface area contributed by atoms with Gasteiger partial charge in [-0.1, -0.05) is 0 Å². The highest BCUT2D eigenvalue weighted by atomic mass is 16.3. The van der Waals surface area contributed by atoms with E-state index in [-0.39, 0.29) is 6.04 Å². The molecule has 0 aromatic carbocycles. The first kappa shape index (κ1) is 6.05. The smallest absolute Gasteiger partial charge is 0.0758 e. The summed E-state index contributed by atoms with van der Waals surface area (Å²) in [5, 5.41) is 12.3. The molecule has 1 rings (SSSR count). The van der Waals surface area contributed by atoms with Crippen molar-refractivity contribution >= 4 is 0 Å². The number of hydrogen-bond donors (Lipinski definition) is 2. The third kappa shape index (κ3) is 1.20. The average molecular weight is 114 g/mol. The van der Waals surface area contributed by atoms with Crippen LogP contribution in [0.25, 0.3) is 0 Å². The molecule has 2 atom stereocenters. The van der Waals surface area contributed by atoms with E-state index in [4.69, 9.17) is 0 Å². The van der Waals surface area contributed by atoms with E-state index in [1.54, 1.807) is 0 Å². The van der Waals surface area contributed by atoms with Crippen molar-refractivity contribution in [1.29, 1.82) is 0 Å². The topological polar surface area (TPSA) is 32.3 Å². The molecule has 0 saturated carbocycles. The van der Waals surface area contributed by atoms with Crippen LogP contribution in [0.5, 0.6) is 0 Å². The van der Waals surface area contributed by atoms with E-state index >= 15 is 0 Å². The Labute approximate surface area is 49.9 Å². The van der Waals surface area contributed by atoms with Gasteiger partial charge in [-0.25, -0.2) is 0 Å². The molecule has 1 heterocycles. The van der Waals surface area contributed by atoms with E-state index in [1.165, 1.54) is 0 Å². The van der Waals surface area contributed by atoms with Gasteiger partial charge in [-0.3, -0.25) is 0 Å². The van der Waals surface area contributed by atoms with Crippen LogP contribution in [0, 0.1) is 6.92 Å². The Morgan fingerprint density at radius 3 is 2.62 bits per heavy atom. The van der Waals surface area contributed by atoms with Crippen molar-refractivity contribution < 1.29 is 5.11 Å². The molecule has 2 heteroatoms. The lowest BCUT2D eigenvalue weighted by molar-refractivity contribution is 0.0804. The van der Waals surface area contributed by atoms with Crippen LogP contribution in [-0.4, -0.2) is 23.3 Å². The molecule has 0 aromatic heterocycles. The summed E-state index contributed by atoms with van der Waals surface area (Å²) in [5.74, 6) is 0. The molecule has 2 N–H and O–H groups in total. The van der Waals surface area contributed by atoms with Crippen LogP contribution < -0.4 is 5.32 Å². The van der Waals surface area contributed by atoms with Gasteiger partial charge in [0, 0.05) is 12.6 Å². The molecule has 2 nitrogen and oxygen atoms in total. The first-order valence-corrected chi connectivity index (χ1v) is 2.89. The second-order valence-corrected chi connectivity index (χ2v) is 2.78. The minimum absolute atomic E-state index is 0.241. The lowest BCUT2D eigenvalue weighted by Gasteiger charge is -2.12. The van der Waals surface area contributed by atoms with Crippen LogP contribution in [-0.2, 0) is 0 Å². The minimum atomic E-state index is -0.508. The number of nitrogens with one attached hydrogen (secondary N) is 1. The van der Waals surface area contributed by atoms with Crippen molar-refractivity contribution in [3.8, 4) is 0 Å². The summed E-state index contributed by atoms with van der Waals surface area (Å²) in [6, 6.07) is 0.241. The number of hydrogen-bond acceptors (Lipinski definition) is 2. The monoisotopic (exact) mass is 114 g/mol. The normalized spacial score (nSPS) is 47.6. The zero-order chi connectivity index (χ0) is 6.20. The van der Waals surface area contributed by atoms with Gasteiger partial charge in [-0.2, -0.15) is 0 Å². The minimum Gasteiger partial charge on any atom is -0.389 e. The molecule has 0 amide bonds. The highest BCUT2D eigenvalue weighted by Gasteiger charge is 2.29. The molecule has 47 valence electrons. The fourth-order valence-corrected chi connectivity index (χ4v) is 1.04. The third-order valence-electron chi connectivity index (χ3n) is 1.46. The average Bonchev–Trinajstić information content (AvgIpc) is 1.82. The molecule has 0 aliphatic carbocycles. The lowest BCUT2D eigenvalue weighted by atomic mass is 10.0. The number of aliphatic hydroxyl groups is 1. The molecule has 8 heavy (non-hydrogen) atoms. The fourth-order valence-electron chi connectivity index (χ4n) is 1.04. The van der Waals surface area contributed by atoms with Crippen molar-refractivity contribution in [3.63, 3.8) is 0 Å². The van der Waals surface area contributed by atoms with Crippen LogP contribution in [0.2, 0.25) is 0 Å². The largest absolute Gasteiger partial charge is 0.389 e. The molecule has 1 fully saturated rings. The summed E-state index contributed by atoms with van der Waals surface area (Å²) in [4.78, 5) is 0. The second-order valence-electron chi connectivity index (χ2n) is 2.78. The molecule has 1 radical (unpaired) electrons. The van der Waals surface area contributed by atoms with Gasteiger partial charge in [-0.15, -0.1) is 0 Å². The maximum absolute atomic E-state index is 9.26. The van der Waals surface area contributed by atoms with Gasteiger partial charge >= 0.3 is 0 Å². The molecule has 1 saturated heterocycles. The van der Waals surface area contributed by atoms with Crippen LogP contribution >= 0.6 is 0 Å². The van der Waals surface area contributed by atoms with Crippen molar-refractivity contribution in [2.24, 2.45) is 0 Å². The zero-order valence-electron chi connectivity index (χ0n) is 5.15. The molecule has 0 spiro atoms. The molecule has 0 aromatic rings. The van der Waals surface area contributed by atoms with E-state index in [9.17, 15) is 5.11 Å². The van der Waals surface area contributed by atoms with Crippen molar-refractivity contribution in [1.82, 2.24) is 5.32 Å². The third-order valence-corrected chi connectivity index (χ3v) is 1.46. The van der Waals surface area contributed by atoms with Gasteiger partial charge < -0.3 is 10.4 Å². The summed E-state index contributed by atoms with van der Waals surface area (Å²) < 4.78 is 0. The quantitative estimate of drug-likeness (QED) is 0.462. The Morgan fingerprint density at radius 2 is 2.50 bits per heavy atom. The number of β-amino-alcohol motifs (C(OH)–C–C–N with tert-alkyl or cyclic N) is 1. The van der Waals surface area contributed by atoms with Gasteiger partial charge in [0.1, 0.15) is 0 Å². The Balaban J connectivity index is 2.44. The SMILES string of the molecule is [CH2][C@H]1CC(C)(O)CN1. The highest BCUT2D eigenvalue weighted by Crippen LogP contribution is 2.16. The molecular formula is C6H12NO. The van der Waals surface area contributed by atoms with E-state index in [0.717, 1.165) is 6.42 Å². The van der Waals surface area contributed by atoms with Gasteiger partial charge in [-0.05, 0) is 20.3 Å². The lowest BCUT2D eigenvalue weighted by Crippen LogP contribution is -2.26. The predicted octanol–water partition coefficient (Wildman–Crippen LogP) is -0.0666. The Bertz CT molecular complexity index is 90.5. The maximum Gasteiger partial charge on any atom is 0.0758 e.